The molecule has 0 aliphatic heterocycles. The van der Waals surface area contributed by atoms with Gasteiger partial charge >= 0.3 is 5.97 Å². The third kappa shape index (κ3) is 6.31. The summed E-state index contributed by atoms with van der Waals surface area (Å²) in [6.07, 6.45) is -1.05. The number of anilines is 1. The standard InChI is InChI=1S/C19H18Cl3NO4/c1-10-4-11(2)6-13(5-10)26-9-18(24)27-12(3)19(25)23-17-8-15(21)14(20)7-16(17)22/h4-8,12H,9H2,1-3H3,(H,23,25). The predicted molar refractivity (Wildman–Crippen MR) is 107 cm³/mol. The second kappa shape index (κ2) is 9.31. The quantitative estimate of drug-likeness (QED) is 0.504. The Morgan fingerprint density at radius 3 is 2.19 bits per heavy atom. The second-order valence-electron chi connectivity index (χ2n) is 5.98. The van der Waals surface area contributed by atoms with Crippen LogP contribution in [0.5, 0.6) is 5.75 Å². The lowest BCUT2D eigenvalue weighted by Crippen LogP contribution is -2.31. The number of benzene rings is 2. The van der Waals surface area contributed by atoms with E-state index in [0.29, 0.717) is 5.75 Å². The van der Waals surface area contributed by atoms with Gasteiger partial charge in [-0.15, -0.1) is 0 Å². The highest BCUT2D eigenvalue weighted by atomic mass is 35.5. The fraction of sp³-hybridized carbons (Fsp3) is 0.263. The average Bonchev–Trinajstić information content (AvgIpc) is 2.57. The maximum absolute atomic E-state index is 12.2. The van der Waals surface area contributed by atoms with Crippen LogP contribution in [0.1, 0.15) is 18.1 Å². The van der Waals surface area contributed by atoms with Crippen molar-refractivity contribution in [3.63, 3.8) is 0 Å². The Hall–Kier alpha value is -1.95. The molecule has 0 saturated heterocycles. The molecule has 144 valence electrons. The molecule has 0 aromatic heterocycles. The van der Waals surface area contributed by atoms with E-state index in [1.54, 1.807) is 0 Å². The van der Waals surface area contributed by atoms with Crippen molar-refractivity contribution in [2.24, 2.45) is 0 Å². The number of ether oxygens (including phenoxy) is 2. The highest BCUT2D eigenvalue weighted by Crippen LogP contribution is 2.32. The van der Waals surface area contributed by atoms with Gasteiger partial charge in [0.05, 0.1) is 20.8 Å². The predicted octanol–water partition coefficient (Wildman–Crippen LogP) is 5.21. The topological polar surface area (TPSA) is 64.6 Å². The third-order valence-corrected chi connectivity index (χ3v) is 4.53. The highest BCUT2D eigenvalue weighted by Gasteiger charge is 2.20. The summed E-state index contributed by atoms with van der Waals surface area (Å²) in [5, 5.41) is 3.26. The zero-order chi connectivity index (χ0) is 20.1. The number of esters is 1. The van der Waals surface area contributed by atoms with Crippen LogP contribution < -0.4 is 10.1 Å². The fourth-order valence-corrected chi connectivity index (χ4v) is 2.89. The summed E-state index contributed by atoms with van der Waals surface area (Å²) in [6.45, 7) is 4.99. The minimum Gasteiger partial charge on any atom is -0.482 e. The van der Waals surface area contributed by atoms with Crippen LogP contribution in [0.25, 0.3) is 0 Å². The van der Waals surface area contributed by atoms with Crippen LogP contribution >= 0.6 is 34.8 Å². The number of hydrogen-bond donors (Lipinski definition) is 1. The molecule has 2 aromatic rings. The first-order chi connectivity index (χ1) is 12.7. The van der Waals surface area contributed by atoms with Crippen molar-refractivity contribution in [1.29, 1.82) is 0 Å². The molecule has 27 heavy (non-hydrogen) atoms. The summed E-state index contributed by atoms with van der Waals surface area (Å²) in [4.78, 5) is 24.1. The molecule has 0 bridgehead atoms. The van der Waals surface area contributed by atoms with E-state index in [0.717, 1.165) is 11.1 Å². The lowest BCUT2D eigenvalue weighted by atomic mass is 10.1. The molecule has 5 nitrogen and oxygen atoms in total. The lowest BCUT2D eigenvalue weighted by Gasteiger charge is -2.15. The van der Waals surface area contributed by atoms with E-state index < -0.39 is 18.0 Å². The number of carbonyl (C=O) groups excluding carboxylic acids is 2. The molecule has 0 radical (unpaired) electrons. The Morgan fingerprint density at radius 2 is 1.56 bits per heavy atom. The highest BCUT2D eigenvalue weighted by molar-refractivity contribution is 6.44. The SMILES string of the molecule is Cc1cc(C)cc(OCC(=O)OC(C)C(=O)Nc2cc(Cl)c(Cl)cc2Cl)c1. The van der Waals surface area contributed by atoms with Gasteiger partial charge in [-0.3, -0.25) is 4.79 Å². The summed E-state index contributed by atoms with van der Waals surface area (Å²) < 4.78 is 10.5. The van der Waals surface area contributed by atoms with Gasteiger partial charge in [0.1, 0.15) is 5.75 Å². The van der Waals surface area contributed by atoms with Gasteiger partial charge < -0.3 is 14.8 Å². The van der Waals surface area contributed by atoms with E-state index >= 15 is 0 Å². The van der Waals surface area contributed by atoms with Crippen LogP contribution in [-0.4, -0.2) is 24.6 Å². The smallest absolute Gasteiger partial charge is 0.344 e. The molecule has 0 aliphatic carbocycles. The number of rotatable bonds is 6. The third-order valence-electron chi connectivity index (χ3n) is 3.50. The van der Waals surface area contributed by atoms with Crippen LogP contribution in [0.3, 0.4) is 0 Å². The number of hydrogen-bond acceptors (Lipinski definition) is 4. The van der Waals surface area contributed by atoms with E-state index in [2.05, 4.69) is 5.32 Å². The number of halogens is 3. The molecule has 1 amide bonds. The maximum Gasteiger partial charge on any atom is 0.344 e. The first kappa shape index (κ1) is 21.4. The first-order valence-corrected chi connectivity index (χ1v) is 9.15. The number of aryl methyl sites for hydroxylation is 2. The summed E-state index contributed by atoms with van der Waals surface area (Å²) in [6, 6.07) is 8.44. The van der Waals surface area contributed by atoms with Crippen molar-refractivity contribution in [3.8, 4) is 5.75 Å². The van der Waals surface area contributed by atoms with Gasteiger partial charge in [0, 0.05) is 0 Å². The Balaban J connectivity index is 1.90. The largest absolute Gasteiger partial charge is 0.482 e. The minimum absolute atomic E-state index is 0.217. The van der Waals surface area contributed by atoms with Crippen LogP contribution in [0, 0.1) is 13.8 Å². The monoisotopic (exact) mass is 429 g/mol. The number of amides is 1. The van der Waals surface area contributed by atoms with E-state index in [1.807, 2.05) is 32.0 Å². The van der Waals surface area contributed by atoms with Crippen molar-refractivity contribution in [2.45, 2.75) is 26.9 Å². The molecule has 2 rings (SSSR count). The van der Waals surface area contributed by atoms with Crippen molar-refractivity contribution < 1.29 is 19.1 Å². The molecule has 8 heteroatoms. The Morgan fingerprint density at radius 1 is 0.963 bits per heavy atom. The zero-order valence-corrected chi connectivity index (χ0v) is 17.2. The van der Waals surface area contributed by atoms with Crippen molar-refractivity contribution in [3.05, 3.63) is 56.5 Å². The molecule has 1 unspecified atom stereocenters. The van der Waals surface area contributed by atoms with Crippen molar-refractivity contribution in [1.82, 2.24) is 0 Å². The molecule has 0 saturated carbocycles. The van der Waals surface area contributed by atoms with E-state index in [-0.39, 0.29) is 27.4 Å². The normalized spacial score (nSPS) is 11.6. The zero-order valence-electron chi connectivity index (χ0n) is 14.9. The van der Waals surface area contributed by atoms with Crippen molar-refractivity contribution >= 4 is 52.4 Å². The van der Waals surface area contributed by atoms with Crippen LogP contribution in [-0.2, 0) is 14.3 Å². The van der Waals surface area contributed by atoms with Gasteiger partial charge in [0.2, 0.25) is 0 Å². The van der Waals surface area contributed by atoms with Crippen LogP contribution in [0.4, 0.5) is 5.69 Å². The second-order valence-corrected chi connectivity index (χ2v) is 7.20. The van der Waals surface area contributed by atoms with Gasteiger partial charge in [0.25, 0.3) is 5.91 Å². The van der Waals surface area contributed by atoms with Crippen LogP contribution in [0.15, 0.2) is 30.3 Å². The van der Waals surface area contributed by atoms with Crippen LogP contribution in [0.2, 0.25) is 15.1 Å². The molecule has 0 heterocycles. The van der Waals surface area contributed by atoms with Gasteiger partial charge in [-0.05, 0) is 56.2 Å². The molecular formula is C19H18Cl3NO4. The lowest BCUT2D eigenvalue weighted by molar-refractivity contribution is -0.155. The number of carbonyl (C=O) groups is 2. The molecule has 2 aromatic carbocycles. The minimum atomic E-state index is -1.05. The molecular weight excluding hydrogens is 413 g/mol. The van der Waals surface area contributed by atoms with E-state index in [4.69, 9.17) is 44.3 Å². The Kier molecular flexibility index (Phi) is 7.36. The molecule has 1 N–H and O–H groups in total. The average molecular weight is 431 g/mol. The maximum atomic E-state index is 12.2. The van der Waals surface area contributed by atoms with E-state index in [1.165, 1.54) is 19.1 Å². The molecule has 0 spiro atoms. The fourth-order valence-electron chi connectivity index (χ4n) is 2.30. The Labute approximate surface area is 172 Å². The molecule has 1 atom stereocenters. The van der Waals surface area contributed by atoms with Gasteiger partial charge in [-0.1, -0.05) is 40.9 Å². The number of nitrogens with one attached hydrogen (secondary N) is 1. The Bertz CT molecular complexity index is 850. The van der Waals surface area contributed by atoms with Crippen molar-refractivity contribution in [2.75, 3.05) is 11.9 Å². The summed E-state index contributed by atoms with van der Waals surface area (Å²) in [5.41, 5.74) is 2.31. The van der Waals surface area contributed by atoms with Gasteiger partial charge in [-0.2, -0.15) is 0 Å². The summed E-state index contributed by atoms with van der Waals surface area (Å²) >= 11 is 17.8. The summed E-state index contributed by atoms with van der Waals surface area (Å²) in [5.74, 6) is -0.670. The molecule has 0 fully saturated rings. The van der Waals surface area contributed by atoms with E-state index in [9.17, 15) is 9.59 Å². The van der Waals surface area contributed by atoms with Gasteiger partial charge in [-0.25, -0.2) is 4.79 Å². The first-order valence-electron chi connectivity index (χ1n) is 8.01. The van der Waals surface area contributed by atoms with Gasteiger partial charge in [0.15, 0.2) is 12.7 Å². The molecule has 0 aliphatic rings. The summed E-state index contributed by atoms with van der Waals surface area (Å²) in [7, 11) is 0.